The van der Waals surface area contributed by atoms with Crippen LogP contribution in [-0.4, -0.2) is 20.9 Å². The van der Waals surface area contributed by atoms with E-state index in [0.717, 1.165) is 4.31 Å². The molecule has 1 amide bonds. The Bertz CT molecular complexity index is 951. The largest absolute Gasteiger partial charge is 0.323 e. The molecule has 0 aromatic heterocycles. The fraction of sp³-hybridized carbons (Fsp3) is 0.0667. The second kappa shape index (κ2) is 5.57. The van der Waals surface area contributed by atoms with Crippen LogP contribution in [0.2, 0.25) is 5.02 Å². The summed E-state index contributed by atoms with van der Waals surface area (Å²) in [6.45, 7) is -0.355. The van der Waals surface area contributed by atoms with E-state index in [4.69, 9.17) is 16.9 Å². The molecule has 0 bridgehead atoms. The third-order valence-electron chi connectivity index (χ3n) is 3.34. The van der Waals surface area contributed by atoms with Crippen molar-refractivity contribution in [1.29, 1.82) is 5.26 Å². The predicted octanol–water partition coefficient (Wildman–Crippen LogP) is 2.36. The summed E-state index contributed by atoms with van der Waals surface area (Å²) < 4.78 is 26.7. The number of anilines is 2. The molecule has 23 heavy (non-hydrogen) atoms. The SMILES string of the molecule is N#Cc1cccc(S(=O)(=O)N2CC(=O)Nc3ccc(Cl)cc32)c1. The second-order valence-corrected chi connectivity index (χ2v) is 7.16. The maximum atomic E-state index is 12.9. The van der Waals surface area contributed by atoms with E-state index >= 15 is 0 Å². The third kappa shape index (κ3) is 2.74. The molecule has 0 saturated carbocycles. The molecule has 6 nitrogen and oxygen atoms in total. The van der Waals surface area contributed by atoms with Gasteiger partial charge in [-0.1, -0.05) is 17.7 Å². The molecule has 0 saturated heterocycles. The minimum atomic E-state index is -3.99. The van der Waals surface area contributed by atoms with E-state index in [9.17, 15) is 13.2 Å². The first-order valence-corrected chi connectivity index (χ1v) is 8.36. The molecular formula is C15H10ClN3O3S. The van der Waals surface area contributed by atoms with E-state index in [1.54, 1.807) is 12.1 Å². The number of sulfonamides is 1. The number of carbonyl (C=O) groups excluding carboxylic acids is 1. The van der Waals surface area contributed by atoms with Gasteiger partial charge in [0.15, 0.2) is 0 Å². The number of nitriles is 1. The summed E-state index contributed by atoms with van der Waals surface area (Å²) in [6.07, 6.45) is 0. The van der Waals surface area contributed by atoms with Crippen molar-refractivity contribution in [3.05, 3.63) is 53.1 Å². The van der Waals surface area contributed by atoms with E-state index in [2.05, 4.69) is 5.32 Å². The number of hydrogen-bond donors (Lipinski definition) is 1. The van der Waals surface area contributed by atoms with Crippen LogP contribution in [0.4, 0.5) is 11.4 Å². The Morgan fingerprint density at radius 3 is 2.74 bits per heavy atom. The van der Waals surface area contributed by atoms with Crippen LogP contribution in [0.1, 0.15) is 5.56 Å². The van der Waals surface area contributed by atoms with E-state index in [1.165, 1.54) is 30.3 Å². The van der Waals surface area contributed by atoms with Crippen LogP contribution in [-0.2, 0) is 14.8 Å². The molecule has 0 aliphatic carbocycles. The van der Waals surface area contributed by atoms with Crippen molar-refractivity contribution in [2.45, 2.75) is 4.90 Å². The van der Waals surface area contributed by atoms with Gasteiger partial charge in [-0.3, -0.25) is 9.10 Å². The van der Waals surface area contributed by atoms with E-state index in [0.29, 0.717) is 16.4 Å². The maximum absolute atomic E-state index is 12.9. The number of fused-ring (bicyclic) bond motifs is 1. The Morgan fingerprint density at radius 1 is 1.22 bits per heavy atom. The zero-order valence-corrected chi connectivity index (χ0v) is 13.2. The van der Waals surface area contributed by atoms with Gasteiger partial charge in [0.2, 0.25) is 5.91 Å². The first-order chi connectivity index (χ1) is 10.9. The molecule has 2 aromatic rings. The molecule has 0 fully saturated rings. The lowest BCUT2D eigenvalue weighted by Crippen LogP contribution is -2.42. The van der Waals surface area contributed by atoms with Crippen LogP contribution in [0.15, 0.2) is 47.4 Å². The van der Waals surface area contributed by atoms with Crippen molar-refractivity contribution < 1.29 is 13.2 Å². The highest BCUT2D eigenvalue weighted by Gasteiger charge is 2.32. The Morgan fingerprint density at radius 2 is 2.00 bits per heavy atom. The van der Waals surface area contributed by atoms with Crippen molar-refractivity contribution >= 4 is 38.9 Å². The molecule has 116 valence electrons. The van der Waals surface area contributed by atoms with Gasteiger partial charge in [0.25, 0.3) is 10.0 Å². The molecule has 3 rings (SSSR count). The second-order valence-electron chi connectivity index (χ2n) is 4.86. The van der Waals surface area contributed by atoms with Crippen molar-refractivity contribution in [2.75, 3.05) is 16.2 Å². The van der Waals surface area contributed by atoms with Gasteiger partial charge in [0.05, 0.1) is 27.9 Å². The lowest BCUT2D eigenvalue weighted by Gasteiger charge is -2.30. The van der Waals surface area contributed by atoms with Crippen molar-refractivity contribution in [2.24, 2.45) is 0 Å². The molecule has 0 spiro atoms. The first kappa shape index (κ1) is 15.3. The lowest BCUT2D eigenvalue weighted by molar-refractivity contribution is -0.115. The third-order valence-corrected chi connectivity index (χ3v) is 5.33. The minimum Gasteiger partial charge on any atom is -0.323 e. The van der Waals surface area contributed by atoms with Crippen LogP contribution >= 0.6 is 11.6 Å². The molecule has 2 aromatic carbocycles. The maximum Gasteiger partial charge on any atom is 0.264 e. The molecule has 1 N–H and O–H groups in total. The quantitative estimate of drug-likeness (QED) is 0.902. The van der Waals surface area contributed by atoms with Gasteiger partial charge in [-0.05, 0) is 36.4 Å². The molecule has 1 aliphatic rings. The van der Waals surface area contributed by atoms with Crippen LogP contribution in [0.25, 0.3) is 0 Å². The van der Waals surface area contributed by atoms with Crippen molar-refractivity contribution in [3.8, 4) is 6.07 Å². The van der Waals surface area contributed by atoms with Crippen LogP contribution in [0.3, 0.4) is 0 Å². The highest BCUT2D eigenvalue weighted by molar-refractivity contribution is 7.92. The van der Waals surface area contributed by atoms with Gasteiger partial charge in [-0.2, -0.15) is 5.26 Å². The Hall–Kier alpha value is -2.56. The van der Waals surface area contributed by atoms with Gasteiger partial charge in [0, 0.05) is 5.02 Å². The van der Waals surface area contributed by atoms with Gasteiger partial charge >= 0.3 is 0 Å². The molecule has 0 unspecified atom stereocenters. The number of nitrogens with one attached hydrogen (secondary N) is 1. The summed E-state index contributed by atoms with van der Waals surface area (Å²) in [6, 6.07) is 12.1. The van der Waals surface area contributed by atoms with E-state index < -0.39 is 15.9 Å². The summed E-state index contributed by atoms with van der Waals surface area (Å²) in [5.74, 6) is -0.445. The average molecular weight is 348 g/mol. The Balaban J connectivity index is 2.16. The number of carbonyl (C=O) groups is 1. The number of rotatable bonds is 2. The Labute approximate surface area is 138 Å². The topological polar surface area (TPSA) is 90.3 Å². The van der Waals surface area contributed by atoms with Gasteiger partial charge < -0.3 is 5.32 Å². The average Bonchev–Trinajstić information content (AvgIpc) is 2.54. The molecule has 8 heteroatoms. The van der Waals surface area contributed by atoms with Gasteiger partial charge in [-0.15, -0.1) is 0 Å². The highest BCUT2D eigenvalue weighted by atomic mass is 35.5. The normalized spacial score (nSPS) is 13.9. The van der Waals surface area contributed by atoms with Gasteiger partial charge in [-0.25, -0.2) is 8.42 Å². The molecule has 1 aliphatic heterocycles. The monoisotopic (exact) mass is 347 g/mol. The number of hydrogen-bond acceptors (Lipinski definition) is 4. The Kier molecular flexibility index (Phi) is 3.72. The van der Waals surface area contributed by atoms with Crippen LogP contribution in [0, 0.1) is 11.3 Å². The fourth-order valence-electron chi connectivity index (χ4n) is 2.29. The number of halogens is 1. The predicted molar refractivity (Wildman–Crippen MR) is 85.8 cm³/mol. The number of benzene rings is 2. The van der Waals surface area contributed by atoms with Crippen molar-refractivity contribution in [3.63, 3.8) is 0 Å². The molecule has 1 heterocycles. The summed E-state index contributed by atoms with van der Waals surface area (Å²) in [7, 11) is -3.99. The highest BCUT2D eigenvalue weighted by Crippen LogP contribution is 2.35. The van der Waals surface area contributed by atoms with Gasteiger partial charge in [0.1, 0.15) is 6.54 Å². The van der Waals surface area contributed by atoms with Crippen LogP contribution in [0.5, 0.6) is 0 Å². The summed E-state index contributed by atoms with van der Waals surface area (Å²) in [5.41, 5.74) is 0.879. The lowest BCUT2D eigenvalue weighted by atomic mass is 10.2. The standard InChI is InChI=1S/C15H10ClN3O3S/c16-11-4-5-13-14(7-11)19(9-15(20)18-13)23(21,22)12-3-1-2-10(6-12)8-17/h1-7H,9H2,(H,18,20). The molecular weight excluding hydrogens is 338 g/mol. The number of amides is 1. The smallest absolute Gasteiger partial charge is 0.264 e. The number of nitrogens with zero attached hydrogens (tertiary/aromatic N) is 2. The minimum absolute atomic E-state index is 0.0582. The summed E-state index contributed by atoms with van der Waals surface area (Å²) in [5, 5.41) is 11.9. The van der Waals surface area contributed by atoms with Crippen molar-refractivity contribution in [1.82, 2.24) is 0 Å². The van der Waals surface area contributed by atoms with E-state index in [1.807, 2.05) is 6.07 Å². The fourth-order valence-corrected chi connectivity index (χ4v) is 3.93. The zero-order chi connectivity index (χ0) is 16.6. The van der Waals surface area contributed by atoms with E-state index in [-0.39, 0.29) is 17.0 Å². The summed E-state index contributed by atoms with van der Waals surface area (Å²) >= 11 is 5.94. The molecule has 0 radical (unpaired) electrons. The zero-order valence-electron chi connectivity index (χ0n) is 11.7. The molecule has 0 atom stereocenters. The van der Waals surface area contributed by atoms with Crippen LogP contribution < -0.4 is 9.62 Å². The first-order valence-electron chi connectivity index (χ1n) is 6.54. The summed E-state index contributed by atoms with van der Waals surface area (Å²) in [4.78, 5) is 11.8.